The lowest BCUT2D eigenvalue weighted by Gasteiger charge is -2.22. The van der Waals surface area contributed by atoms with Gasteiger partial charge in [0.2, 0.25) is 41.4 Å². The Labute approximate surface area is 587 Å². The Hall–Kier alpha value is -6.41. The first-order chi connectivity index (χ1) is 58.5. The predicted octanol–water partition coefficient (Wildman–Crippen LogP) is 4.71. The summed E-state index contributed by atoms with van der Waals surface area (Å²) in [6.45, 7) is 15.9. The minimum absolute atomic E-state index is 0. The molecule has 0 radical (unpaired) electrons. The molecule has 0 heterocycles. The van der Waals surface area contributed by atoms with E-state index >= 15 is 0 Å². The van der Waals surface area contributed by atoms with Crippen LogP contribution in [0, 0.1) is 5.92 Å². The zero-order chi connectivity index (χ0) is 98.9. The average molecular weight is 1370 g/mol. The largest absolute Gasteiger partial charge is 0.411 e. The van der Waals surface area contributed by atoms with Crippen molar-refractivity contribution in [2.24, 2.45) is 27.7 Å². The molecule has 5 atom stereocenters. The van der Waals surface area contributed by atoms with Crippen LogP contribution in [0.25, 0.3) is 0 Å². The van der Waals surface area contributed by atoms with Crippen LogP contribution >= 0.6 is 0 Å². The van der Waals surface area contributed by atoms with Crippen molar-refractivity contribution in [3.8, 4) is 0 Å². The number of nitrogens with one attached hydrogen (secondary N) is 9. The number of oxime groups is 2. The monoisotopic (exact) mass is 1370 g/mol. The Morgan fingerprint density at radius 3 is 1.43 bits per heavy atom. The topological polar surface area (TPSA) is 450 Å². The number of amides is 7. The zero-order valence-electron chi connectivity index (χ0n) is 85.7. The van der Waals surface area contributed by atoms with Crippen molar-refractivity contribution >= 4 is 76.9 Å². The Bertz CT molecular complexity index is 2150. The van der Waals surface area contributed by atoms with Gasteiger partial charge >= 0.3 is 0 Å². The van der Waals surface area contributed by atoms with Crippen LogP contribution in [0.5, 0.6) is 0 Å². The van der Waals surface area contributed by atoms with Crippen molar-refractivity contribution in [2.75, 3.05) is 106 Å². The molecule has 558 valence electrons. The molecule has 91 heavy (non-hydrogen) atoms. The third-order valence-corrected chi connectivity index (χ3v) is 13.3. The molecule has 0 aliphatic heterocycles. The fourth-order valence-electron chi connectivity index (χ4n) is 7.96. The molecule has 0 saturated carbocycles. The van der Waals surface area contributed by atoms with Crippen molar-refractivity contribution in [1.29, 1.82) is 0 Å². The molecule has 0 fully saturated rings. The number of ether oxygens (including phenoxy) is 4. The lowest BCUT2D eigenvalue weighted by Crippen LogP contribution is -2.51. The van der Waals surface area contributed by atoms with Crippen molar-refractivity contribution in [3.05, 3.63) is 0 Å². The van der Waals surface area contributed by atoms with Crippen LogP contribution in [0.2, 0.25) is 0 Å². The molecule has 0 aromatic carbocycles. The SMILES string of the molecule is CCC(C)=O.CCCC(=O)[C@H](CCCCNC(=O)CCCC(=O)NCCOCCOCC(=O)NCCOCCOCC(=O)NCCCC[C@H](NC)C(N)=O)CC(=O)CCCC(=O)NC(CNC(C)/C=N/O)CNC(C)/C=N/O.CCCC[C@H](NCC(C)=O)C(N)=O.[2HH].[2H][2H].[2H][2H].[2H][2H].[2H][2H].[2H][2H].[2H][2H].[2H][2H].[2H][2H].[2H][2H].[2H][2H].[2H][2H].[2H][2H].[2H][2H].[2H][2H].[2H][2H]. The van der Waals surface area contributed by atoms with E-state index in [4.69, 9.17) is 85.4 Å². The molecule has 0 saturated heterocycles. The highest BCUT2D eigenvalue weighted by molar-refractivity contribution is 5.88. The van der Waals surface area contributed by atoms with Gasteiger partial charge in [-0.2, -0.15) is 0 Å². The van der Waals surface area contributed by atoms with Gasteiger partial charge in [0.05, 0.1) is 76.7 Å². The number of primary amides is 2. The maximum atomic E-state index is 12.9. The average Bonchev–Trinajstić information content (AvgIpc) is 0.924. The summed E-state index contributed by atoms with van der Waals surface area (Å²) in [5.74, 6) is -2.18. The van der Waals surface area contributed by atoms with Crippen molar-refractivity contribution in [3.63, 3.8) is 0 Å². The number of carbonyl (C=O) groups is 11. The summed E-state index contributed by atoms with van der Waals surface area (Å²) in [7, 11) is 1.67. The lowest BCUT2D eigenvalue weighted by atomic mass is 9.89. The number of rotatable bonds is 58. The van der Waals surface area contributed by atoms with E-state index in [-0.39, 0.29) is 195 Å². The highest BCUT2D eigenvalue weighted by Crippen LogP contribution is 2.19. The van der Waals surface area contributed by atoms with E-state index in [2.05, 4.69) is 58.2 Å². The van der Waals surface area contributed by atoms with Crippen LogP contribution in [-0.4, -0.2) is 223 Å². The smallest absolute Gasteiger partial charge is 0.246 e. The Balaban J connectivity index is -0.000000105. The number of hydrogen-bond donors (Lipinski definition) is 13. The summed E-state index contributed by atoms with van der Waals surface area (Å²) in [5.41, 5.74) is 10.4. The maximum absolute atomic E-state index is 12.9. The van der Waals surface area contributed by atoms with Crippen LogP contribution in [0.1, 0.15) is 216 Å². The van der Waals surface area contributed by atoms with E-state index in [1.54, 1.807) is 27.8 Å². The van der Waals surface area contributed by atoms with Crippen molar-refractivity contribution in [1.82, 2.24) is 47.9 Å². The van der Waals surface area contributed by atoms with E-state index in [0.717, 1.165) is 19.3 Å². The van der Waals surface area contributed by atoms with Gasteiger partial charge in [0.1, 0.15) is 36.3 Å². The molecule has 0 rings (SSSR count). The third kappa shape index (κ3) is 60.9. The van der Waals surface area contributed by atoms with E-state index in [1.165, 1.54) is 19.4 Å². The number of nitrogens with two attached hydrogens (primary N) is 2. The summed E-state index contributed by atoms with van der Waals surface area (Å²) >= 11 is 0. The minimum Gasteiger partial charge on any atom is -0.411 e. The van der Waals surface area contributed by atoms with Crippen molar-refractivity contribution in [2.45, 2.75) is 201 Å². The molecule has 0 aliphatic rings. The molecule has 30 nitrogen and oxygen atoms in total. The predicted molar refractivity (Wildman–Crippen MR) is 379 cm³/mol. The van der Waals surface area contributed by atoms with Gasteiger partial charge in [-0.05, 0) is 92.5 Å². The fraction of sp³-hybridized carbons (Fsp3) is 0.787. The summed E-state index contributed by atoms with van der Waals surface area (Å²) < 4.78 is 171. The first-order valence-electron chi connectivity index (χ1n) is 47.0. The molecule has 0 bridgehead atoms. The third-order valence-electron chi connectivity index (χ3n) is 13.3. The van der Waals surface area contributed by atoms with Gasteiger partial charge in [0, 0.05) is 148 Å². The fourth-order valence-corrected chi connectivity index (χ4v) is 7.96. The Morgan fingerprint density at radius 1 is 0.516 bits per heavy atom. The zero-order valence-corrected chi connectivity index (χ0v) is 55.7. The molecular formula is C61H147N13O17. The van der Waals surface area contributed by atoms with Gasteiger partial charge in [-0.3, -0.25) is 53.3 Å². The number of Topliss-reactive ketones (excluding diaryl/α,β-unsaturated/α-hetero) is 4. The summed E-state index contributed by atoms with van der Waals surface area (Å²) in [6, 6.07) is -1.57. The van der Waals surface area contributed by atoms with E-state index in [9.17, 15) is 52.7 Å². The normalized spacial score (nSPS) is 14.3. The minimum atomic E-state index is -0.422. The van der Waals surface area contributed by atoms with Crippen molar-refractivity contribution < 1.29 is 128 Å². The molecule has 0 aromatic heterocycles. The molecular weight excluding hydrogens is 1190 g/mol. The van der Waals surface area contributed by atoms with Crippen LogP contribution < -0.4 is 59.3 Å². The quantitative estimate of drug-likeness (QED) is 0.0170. The Kier molecular flexibility index (Phi) is 43.4. The second kappa shape index (κ2) is 62.4. The van der Waals surface area contributed by atoms with Gasteiger partial charge in [0.15, 0.2) is 0 Å². The number of likely N-dealkylation sites (N-methyl/N-ethyl adjacent to an activating group) is 1. The number of hydrogen-bond acceptors (Lipinski definition) is 23. The molecule has 0 aromatic rings. The first kappa shape index (κ1) is 63.4. The highest BCUT2D eigenvalue weighted by atomic mass is 16.5. The highest BCUT2D eigenvalue weighted by Gasteiger charge is 2.22. The maximum Gasteiger partial charge on any atom is 0.246 e. The number of carbonyl (C=O) groups excluding carboxylic acids is 11. The second-order valence-electron chi connectivity index (χ2n) is 21.8. The van der Waals surface area contributed by atoms with E-state index in [0.29, 0.717) is 96.8 Å². The van der Waals surface area contributed by atoms with E-state index in [1.807, 2.05) is 20.8 Å². The first-order valence-corrected chi connectivity index (χ1v) is 32.0. The summed E-state index contributed by atoms with van der Waals surface area (Å²) in [5, 5.41) is 49.5. The standard InChI is InChI=1S/C48H89N11O14.C9H18N2O2.C4H8O.16H2/c1-5-12-42(61)38(29-40(60)14-10-18-45(64)59-39(32-55-36(2)30-57-68)33-56-37(3)31-58-69)13-6-8-19-51-43(62)16-11-17-44(63)53-21-23-70-25-28-73-35-47(66)54-22-24-71-26-27-72-34-46(65)52-20-9-7-15-41(50-4)48(49)67;1-3-4-5-8(9(10)13)11-6-7(2)12;1-3-4(2)5;;;;;;;;;;;;;;;;/h30-31,36-39,41,50,55-56,68-69H,5-29,32-35H2,1-4H3,(H2,49,67)(H,51,62)(H,52,65)(H,53,63)(H,54,66)(H,59,64);8,11H,3-6H2,1-2H3,(H2,10,13);3H2,1-2H3;16*1H/b57-30+,58-31+;;;;;;;;;;;;;;;;;;/t36?,37?,38-,39?,41+;8-;;;;;;;;;;;;;;;;;/m10................./s1/i;;;15*1+1D;1+1. The molecule has 7 amide bonds. The summed E-state index contributed by atoms with van der Waals surface area (Å²) in [4.78, 5) is 129. The van der Waals surface area contributed by atoms with E-state index < -0.39 is 11.8 Å². The van der Waals surface area contributed by atoms with Crippen LogP contribution in [0.3, 0.4) is 0 Å². The Morgan fingerprint density at radius 2 is 0.967 bits per heavy atom. The second-order valence-corrected chi connectivity index (χ2v) is 21.8. The molecule has 0 spiro atoms. The number of unbranched alkanes of at least 4 members (excludes halogenated alkanes) is 3. The lowest BCUT2D eigenvalue weighted by molar-refractivity contribution is -0.128. The van der Waals surface area contributed by atoms with Crippen LogP contribution in [0.4, 0.5) is 0 Å². The molecule has 15 N–H and O–H groups in total. The number of ketones is 4. The van der Waals surface area contributed by atoms with Gasteiger partial charge in [-0.15, -0.1) is 10.3 Å². The number of nitrogens with zero attached hydrogens (tertiary/aromatic N) is 2. The molecule has 2 unspecified atom stereocenters. The van der Waals surface area contributed by atoms with Gasteiger partial charge in [-0.1, -0.05) is 40.0 Å². The van der Waals surface area contributed by atoms with Gasteiger partial charge in [0.25, 0.3) is 0 Å². The molecule has 30 heteroatoms. The van der Waals surface area contributed by atoms with Crippen LogP contribution in [-0.2, 0) is 71.7 Å². The van der Waals surface area contributed by atoms with Crippen LogP contribution in [0.15, 0.2) is 10.3 Å². The van der Waals surface area contributed by atoms with Gasteiger partial charge in [-0.25, -0.2) is 0 Å². The van der Waals surface area contributed by atoms with Gasteiger partial charge < -0.3 is 88.2 Å². The summed E-state index contributed by atoms with van der Waals surface area (Å²) in [6.07, 6.45) is 12.3. The molecule has 0 aliphatic carbocycles.